The minimum Gasteiger partial charge on any atom is -0.380 e. The van der Waals surface area contributed by atoms with Crippen molar-refractivity contribution in [1.29, 1.82) is 0 Å². The van der Waals surface area contributed by atoms with E-state index in [0.717, 1.165) is 39.1 Å². The van der Waals surface area contributed by atoms with Gasteiger partial charge in [-0.15, -0.1) is 0 Å². The quantitative estimate of drug-likeness (QED) is 0.617. The minimum absolute atomic E-state index is 0.488. The molecule has 1 rings (SSSR count). The molecule has 1 unspecified atom stereocenters. The summed E-state index contributed by atoms with van der Waals surface area (Å²) in [6.07, 6.45) is 9.10. The third-order valence-electron chi connectivity index (χ3n) is 3.36. The molecule has 0 amide bonds. The number of nitrogens with one attached hydrogen (secondary N) is 1. The lowest BCUT2D eigenvalue weighted by atomic mass is 10.1. The van der Waals surface area contributed by atoms with Gasteiger partial charge in [-0.2, -0.15) is 0 Å². The predicted molar refractivity (Wildman–Crippen MR) is 81.5 cm³/mol. The summed E-state index contributed by atoms with van der Waals surface area (Å²) in [6.45, 7) is 10.4. The molecular formula is C16H30N2O. The molecule has 0 spiro atoms. The molecule has 0 aliphatic carbocycles. The summed E-state index contributed by atoms with van der Waals surface area (Å²) in [6, 6.07) is 2.71. The number of hydrogen-bond donors (Lipinski definition) is 1. The van der Waals surface area contributed by atoms with Crippen molar-refractivity contribution < 1.29 is 4.74 Å². The lowest BCUT2D eigenvalue weighted by Crippen LogP contribution is -2.21. The highest BCUT2D eigenvalue weighted by Crippen LogP contribution is 2.16. The number of ether oxygens (including phenoxy) is 1. The molecule has 1 N–H and O–H groups in total. The zero-order chi connectivity index (χ0) is 13.9. The van der Waals surface area contributed by atoms with E-state index in [1.54, 1.807) is 0 Å². The van der Waals surface area contributed by atoms with E-state index in [-0.39, 0.29) is 0 Å². The fourth-order valence-corrected chi connectivity index (χ4v) is 2.14. The van der Waals surface area contributed by atoms with Crippen molar-refractivity contribution in [2.45, 2.75) is 59.0 Å². The zero-order valence-electron chi connectivity index (χ0n) is 12.8. The van der Waals surface area contributed by atoms with Crippen LogP contribution in [0.25, 0.3) is 0 Å². The number of aromatic nitrogens is 1. The van der Waals surface area contributed by atoms with E-state index < -0.39 is 0 Å². The summed E-state index contributed by atoms with van der Waals surface area (Å²) in [4.78, 5) is 0. The standard InChI is InChI=1S/C16H30N2O/c1-4-7-12-19-13-11-18-10-8-15(14-18)16(6-3)17-9-5-2/h8,10,14,16-17H,4-7,9,11-13H2,1-3H3. The first-order valence-corrected chi connectivity index (χ1v) is 7.78. The molecule has 1 atom stereocenters. The number of nitrogens with zero attached hydrogens (tertiary/aromatic N) is 1. The largest absolute Gasteiger partial charge is 0.380 e. The first kappa shape index (κ1) is 16.3. The molecular weight excluding hydrogens is 236 g/mol. The topological polar surface area (TPSA) is 26.2 Å². The summed E-state index contributed by atoms with van der Waals surface area (Å²) in [5.41, 5.74) is 1.39. The van der Waals surface area contributed by atoms with Gasteiger partial charge in [0, 0.05) is 31.6 Å². The molecule has 1 aromatic heterocycles. The first-order chi connectivity index (χ1) is 9.31. The van der Waals surface area contributed by atoms with E-state index in [2.05, 4.69) is 49.1 Å². The van der Waals surface area contributed by atoms with Crippen molar-refractivity contribution >= 4 is 0 Å². The Bertz CT molecular complexity index is 322. The second-order valence-electron chi connectivity index (χ2n) is 5.06. The van der Waals surface area contributed by atoms with Gasteiger partial charge in [0.05, 0.1) is 6.61 Å². The van der Waals surface area contributed by atoms with Gasteiger partial charge in [-0.1, -0.05) is 27.2 Å². The van der Waals surface area contributed by atoms with Gasteiger partial charge in [0.15, 0.2) is 0 Å². The van der Waals surface area contributed by atoms with Gasteiger partial charge in [-0.05, 0) is 37.4 Å². The van der Waals surface area contributed by atoms with Crippen LogP contribution < -0.4 is 5.32 Å². The SMILES string of the molecule is CCCCOCCn1ccc(C(CC)NCCC)c1. The Kier molecular flexibility index (Phi) is 8.59. The maximum atomic E-state index is 5.60. The molecule has 0 radical (unpaired) electrons. The molecule has 1 heterocycles. The normalized spacial score (nSPS) is 12.8. The molecule has 1 aromatic rings. The molecule has 0 fully saturated rings. The van der Waals surface area contributed by atoms with Gasteiger partial charge in [0.1, 0.15) is 0 Å². The molecule has 19 heavy (non-hydrogen) atoms. The second-order valence-corrected chi connectivity index (χ2v) is 5.06. The predicted octanol–water partition coefficient (Wildman–Crippen LogP) is 3.76. The third kappa shape index (κ3) is 6.26. The average Bonchev–Trinajstić information content (AvgIpc) is 2.88. The number of unbranched alkanes of at least 4 members (excludes halogenated alkanes) is 1. The zero-order valence-corrected chi connectivity index (χ0v) is 12.8. The van der Waals surface area contributed by atoms with Crippen LogP contribution in [-0.2, 0) is 11.3 Å². The minimum atomic E-state index is 0.488. The van der Waals surface area contributed by atoms with Gasteiger partial charge in [0.25, 0.3) is 0 Å². The van der Waals surface area contributed by atoms with Crippen molar-refractivity contribution in [3.8, 4) is 0 Å². The fourth-order valence-electron chi connectivity index (χ4n) is 2.14. The molecule has 0 aliphatic rings. The van der Waals surface area contributed by atoms with E-state index in [9.17, 15) is 0 Å². The van der Waals surface area contributed by atoms with Crippen LogP contribution >= 0.6 is 0 Å². The van der Waals surface area contributed by atoms with E-state index in [0.29, 0.717) is 6.04 Å². The Morgan fingerprint density at radius 2 is 2.05 bits per heavy atom. The maximum absolute atomic E-state index is 5.60. The van der Waals surface area contributed by atoms with Crippen LogP contribution in [0.5, 0.6) is 0 Å². The third-order valence-corrected chi connectivity index (χ3v) is 3.36. The Morgan fingerprint density at radius 1 is 1.21 bits per heavy atom. The van der Waals surface area contributed by atoms with Crippen LogP contribution in [0.2, 0.25) is 0 Å². The van der Waals surface area contributed by atoms with Gasteiger partial charge in [-0.25, -0.2) is 0 Å². The van der Waals surface area contributed by atoms with Crippen molar-refractivity contribution in [3.05, 3.63) is 24.0 Å². The average molecular weight is 266 g/mol. The van der Waals surface area contributed by atoms with Gasteiger partial charge >= 0.3 is 0 Å². The highest BCUT2D eigenvalue weighted by molar-refractivity contribution is 5.15. The molecule has 0 aliphatic heterocycles. The van der Waals surface area contributed by atoms with Crippen LogP contribution in [0.3, 0.4) is 0 Å². The van der Waals surface area contributed by atoms with Gasteiger partial charge in [-0.3, -0.25) is 0 Å². The Morgan fingerprint density at radius 3 is 2.74 bits per heavy atom. The van der Waals surface area contributed by atoms with E-state index in [4.69, 9.17) is 4.74 Å². The summed E-state index contributed by atoms with van der Waals surface area (Å²) in [7, 11) is 0. The Labute approximate surface area is 118 Å². The Hall–Kier alpha value is -0.800. The number of hydrogen-bond acceptors (Lipinski definition) is 2. The summed E-state index contributed by atoms with van der Waals surface area (Å²) in [5.74, 6) is 0. The molecule has 3 nitrogen and oxygen atoms in total. The molecule has 0 bridgehead atoms. The highest BCUT2D eigenvalue weighted by Gasteiger charge is 2.09. The van der Waals surface area contributed by atoms with Gasteiger partial charge in [0.2, 0.25) is 0 Å². The van der Waals surface area contributed by atoms with Crippen molar-refractivity contribution in [2.24, 2.45) is 0 Å². The monoisotopic (exact) mass is 266 g/mol. The van der Waals surface area contributed by atoms with Crippen molar-refractivity contribution in [1.82, 2.24) is 9.88 Å². The van der Waals surface area contributed by atoms with Gasteiger partial charge < -0.3 is 14.6 Å². The van der Waals surface area contributed by atoms with Crippen LogP contribution in [0.1, 0.15) is 58.1 Å². The highest BCUT2D eigenvalue weighted by atomic mass is 16.5. The summed E-state index contributed by atoms with van der Waals surface area (Å²) < 4.78 is 7.84. The summed E-state index contributed by atoms with van der Waals surface area (Å²) in [5, 5.41) is 3.59. The lowest BCUT2D eigenvalue weighted by Gasteiger charge is -2.15. The van der Waals surface area contributed by atoms with Crippen LogP contribution in [0.15, 0.2) is 18.5 Å². The fraction of sp³-hybridized carbons (Fsp3) is 0.750. The molecule has 3 heteroatoms. The number of rotatable bonds is 11. The molecule has 0 saturated carbocycles. The van der Waals surface area contributed by atoms with Crippen molar-refractivity contribution in [3.63, 3.8) is 0 Å². The van der Waals surface area contributed by atoms with Crippen LogP contribution in [-0.4, -0.2) is 24.3 Å². The molecule has 0 saturated heterocycles. The molecule has 110 valence electrons. The van der Waals surface area contributed by atoms with Crippen LogP contribution in [0, 0.1) is 0 Å². The van der Waals surface area contributed by atoms with E-state index >= 15 is 0 Å². The maximum Gasteiger partial charge on any atom is 0.0645 e. The smallest absolute Gasteiger partial charge is 0.0645 e. The first-order valence-electron chi connectivity index (χ1n) is 7.78. The van der Waals surface area contributed by atoms with Crippen LogP contribution in [0.4, 0.5) is 0 Å². The molecule has 0 aromatic carbocycles. The van der Waals surface area contributed by atoms with E-state index in [1.165, 1.54) is 18.4 Å². The Balaban J connectivity index is 2.33. The lowest BCUT2D eigenvalue weighted by molar-refractivity contribution is 0.123. The second kappa shape index (κ2) is 10.0. The summed E-state index contributed by atoms with van der Waals surface area (Å²) >= 11 is 0. The van der Waals surface area contributed by atoms with E-state index in [1.807, 2.05) is 0 Å². The van der Waals surface area contributed by atoms with Crippen molar-refractivity contribution in [2.75, 3.05) is 19.8 Å².